The van der Waals surface area contributed by atoms with Gasteiger partial charge in [0.2, 0.25) is 0 Å². The molecular formula is CH6CaS3. The van der Waals surface area contributed by atoms with Crippen LogP contribution in [0, 0.1) is 0 Å². The van der Waals surface area contributed by atoms with Crippen molar-refractivity contribution in [3.05, 3.63) is 0 Å². The van der Waals surface area contributed by atoms with Crippen molar-refractivity contribution in [1.29, 1.82) is 0 Å². The Kier molecular flexibility index (Phi) is 13.0. The van der Waals surface area contributed by atoms with Crippen LogP contribution in [0.2, 0.25) is 0 Å². The van der Waals surface area contributed by atoms with Crippen molar-refractivity contribution in [2.24, 2.45) is 0 Å². The van der Waals surface area contributed by atoms with Crippen LogP contribution in [0.15, 0.2) is 0 Å². The molecule has 0 bridgehead atoms. The van der Waals surface area contributed by atoms with Crippen molar-refractivity contribution in [3.63, 3.8) is 0 Å². The average Bonchev–Trinajstić information content (AvgIpc) is 0.811. The van der Waals surface area contributed by atoms with E-state index in [0.717, 1.165) is 0 Å². The van der Waals surface area contributed by atoms with Gasteiger partial charge < -0.3 is 0 Å². The van der Waals surface area contributed by atoms with E-state index in [9.17, 15) is 0 Å². The summed E-state index contributed by atoms with van der Waals surface area (Å²) in [5.41, 5.74) is 0. The molecule has 0 rings (SSSR count). The summed E-state index contributed by atoms with van der Waals surface area (Å²) in [6, 6.07) is 0. The Morgan fingerprint density at radius 2 is 1.00 bits per heavy atom. The van der Waals surface area contributed by atoms with E-state index in [1.54, 1.807) is 0 Å². The number of thiol groups is 3. The molecule has 0 nitrogen and oxygen atoms in total. The topological polar surface area (TPSA) is 0 Å². The molecule has 0 unspecified atom stereocenters. The van der Waals surface area contributed by atoms with E-state index in [2.05, 4.69) is 37.9 Å². The van der Waals surface area contributed by atoms with E-state index in [1.807, 2.05) is 0 Å². The van der Waals surface area contributed by atoms with Crippen LogP contribution in [0.25, 0.3) is 0 Å². The van der Waals surface area contributed by atoms with Crippen LogP contribution in [-0.4, -0.2) is 41.7 Å². The Morgan fingerprint density at radius 3 is 1.00 bits per heavy atom. The third-order valence-corrected chi connectivity index (χ3v) is 0. The number of hydrogen-bond acceptors (Lipinski definition) is 3. The minimum atomic E-state index is -0.0833. The van der Waals surface area contributed by atoms with Crippen LogP contribution >= 0.6 is 37.9 Å². The molecule has 0 aromatic heterocycles. The number of rotatable bonds is 0. The monoisotopic (exact) mass is 154 g/mol. The van der Waals surface area contributed by atoms with Crippen LogP contribution in [-0.2, 0) is 0 Å². The zero-order valence-electron chi connectivity index (χ0n) is 1.92. The normalized spacial score (nSPS) is 7.20. The average molecular weight is 154 g/mol. The molecule has 0 aromatic carbocycles. The fraction of sp³-hybridized carbons (Fsp3) is 1.00. The first-order valence-corrected chi connectivity index (χ1v) is 2.32. The van der Waals surface area contributed by atoms with Gasteiger partial charge in [-0.15, -0.1) is 0 Å². The molecule has 0 aliphatic carbocycles. The Balaban J connectivity index is 0. The molecule has 0 aliphatic rings. The summed E-state index contributed by atoms with van der Waals surface area (Å²) >= 11 is 11.1. The summed E-state index contributed by atoms with van der Waals surface area (Å²) in [6.07, 6.45) is 0. The quantitative estimate of drug-likeness (QED) is 0.247. The van der Waals surface area contributed by atoms with E-state index < -0.39 is 0 Å². The Bertz CT molecular complexity index is 11.6. The zero-order chi connectivity index (χ0) is 3.58. The van der Waals surface area contributed by atoms with Gasteiger partial charge in [0.25, 0.3) is 0 Å². The van der Waals surface area contributed by atoms with Gasteiger partial charge in [0.15, 0.2) is 0 Å². The van der Waals surface area contributed by atoms with Crippen molar-refractivity contribution in [2.75, 3.05) is 0 Å². The second kappa shape index (κ2) is 6.31. The van der Waals surface area contributed by atoms with Gasteiger partial charge >= 0.3 is 37.7 Å². The first-order chi connectivity index (χ1) is 1.73. The molecule has 0 atom stereocenters. The standard InChI is InChI=1S/CH4S3.Ca.2H/c2-1(3)4;;;/h1-4H;;;. The second-order valence-corrected chi connectivity index (χ2v) is 3.12. The summed E-state index contributed by atoms with van der Waals surface area (Å²) in [5.74, 6) is 0. The van der Waals surface area contributed by atoms with Crippen LogP contribution < -0.4 is 0 Å². The van der Waals surface area contributed by atoms with E-state index >= 15 is 0 Å². The molecule has 0 radical (unpaired) electrons. The molecule has 0 heterocycles. The SMILES string of the molecule is SC(S)S.[CaH2]. The Morgan fingerprint density at radius 1 is 1.00 bits per heavy atom. The van der Waals surface area contributed by atoms with Gasteiger partial charge in [-0.3, -0.25) is 0 Å². The van der Waals surface area contributed by atoms with Crippen molar-refractivity contribution >= 4 is 75.6 Å². The van der Waals surface area contributed by atoms with Gasteiger partial charge in [0.1, 0.15) is 0 Å². The molecule has 0 saturated heterocycles. The first-order valence-electron chi connectivity index (χ1n) is 0.775. The van der Waals surface area contributed by atoms with Crippen LogP contribution in [0.5, 0.6) is 0 Å². The van der Waals surface area contributed by atoms with Gasteiger partial charge in [0, 0.05) is 0 Å². The molecule has 0 N–H and O–H groups in total. The second-order valence-electron chi connectivity index (χ2n) is 0.346. The summed E-state index contributed by atoms with van der Waals surface area (Å²) in [6.45, 7) is 0. The van der Waals surface area contributed by atoms with Gasteiger partial charge in [0.05, 0.1) is 3.91 Å². The van der Waals surface area contributed by atoms with Crippen molar-refractivity contribution < 1.29 is 0 Å². The van der Waals surface area contributed by atoms with E-state index in [4.69, 9.17) is 0 Å². The van der Waals surface area contributed by atoms with Crippen molar-refractivity contribution in [3.8, 4) is 0 Å². The molecular weight excluding hydrogens is 148 g/mol. The molecule has 0 fully saturated rings. The van der Waals surface area contributed by atoms with E-state index in [0.29, 0.717) is 0 Å². The molecule has 0 amide bonds. The third kappa shape index (κ3) is 22.0. The molecule has 0 aromatic rings. The first kappa shape index (κ1) is 10.3. The van der Waals surface area contributed by atoms with Gasteiger partial charge in [-0.05, 0) is 0 Å². The predicted octanol–water partition coefficient (Wildman–Crippen LogP) is 0.143. The van der Waals surface area contributed by atoms with Crippen LogP contribution in [0.1, 0.15) is 0 Å². The molecule has 5 heavy (non-hydrogen) atoms. The van der Waals surface area contributed by atoms with Crippen molar-refractivity contribution in [1.82, 2.24) is 0 Å². The fourth-order valence-electron chi connectivity index (χ4n) is 0. The van der Waals surface area contributed by atoms with E-state index in [-0.39, 0.29) is 41.7 Å². The minimum absolute atomic E-state index is 0. The van der Waals surface area contributed by atoms with Gasteiger partial charge in [-0.25, -0.2) is 0 Å². The maximum atomic E-state index is 3.69. The van der Waals surface area contributed by atoms with E-state index in [1.165, 1.54) is 0 Å². The van der Waals surface area contributed by atoms with Crippen LogP contribution in [0.4, 0.5) is 0 Å². The number of hydrogen-bond donors (Lipinski definition) is 3. The Hall–Kier alpha value is 2.31. The molecule has 30 valence electrons. The van der Waals surface area contributed by atoms with Crippen molar-refractivity contribution in [2.45, 2.75) is 3.91 Å². The summed E-state index contributed by atoms with van der Waals surface area (Å²) < 4.78 is -0.0833. The van der Waals surface area contributed by atoms with Gasteiger partial charge in [-0.1, -0.05) is 0 Å². The van der Waals surface area contributed by atoms with Crippen LogP contribution in [0.3, 0.4) is 0 Å². The molecule has 4 heteroatoms. The maximum absolute atomic E-state index is 3.69. The predicted molar refractivity (Wildman–Crippen MR) is 39.3 cm³/mol. The summed E-state index contributed by atoms with van der Waals surface area (Å²) in [4.78, 5) is 0. The molecule has 0 spiro atoms. The molecule has 0 aliphatic heterocycles. The third-order valence-electron chi connectivity index (χ3n) is 0. The Labute approximate surface area is 78.3 Å². The zero-order valence-corrected chi connectivity index (χ0v) is 4.60. The summed E-state index contributed by atoms with van der Waals surface area (Å²) in [7, 11) is 0. The van der Waals surface area contributed by atoms with Gasteiger partial charge in [-0.2, -0.15) is 37.9 Å². The molecule has 0 saturated carbocycles. The summed E-state index contributed by atoms with van der Waals surface area (Å²) in [5, 5.41) is 0. The fourth-order valence-corrected chi connectivity index (χ4v) is 0.